The van der Waals surface area contributed by atoms with Crippen LogP contribution in [0, 0.1) is 12.8 Å². The summed E-state index contributed by atoms with van der Waals surface area (Å²) in [5, 5.41) is 0. The molecule has 1 heteroatoms. The van der Waals surface area contributed by atoms with Crippen molar-refractivity contribution in [2.45, 2.75) is 19.8 Å². The number of aryl methyl sites for hydroxylation is 1. The molecule has 0 amide bonds. The number of hydrogen-bond donors (Lipinski definition) is 0. The number of allylic oxidation sites excluding steroid dienone is 1. The van der Waals surface area contributed by atoms with Gasteiger partial charge in [-0.2, -0.15) is 0 Å². The summed E-state index contributed by atoms with van der Waals surface area (Å²) in [5.41, 5.74) is 2.35. The predicted octanol–water partition coefficient (Wildman–Crippen LogP) is 2.99. The van der Waals surface area contributed by atoms with Gasteiger partial charge in [0.25, 0.3) is 0 Å². The standard InChI is InChI=1S/C13H14O/c1-10-2-4-11(5-3-10)6-9-13(14)12-7-8-12/h2-6,9,12H,7-8H2,1H3/b9-6+. The van der Waals surface area contributed by atoms with E-state index in [1.165, 1.54) is 5.56 Å². The van der Waals surface area contributed by atoms with Gasteiger partial charge < -0.3 is 0 Å². The Bertz CT molecular complexity index is 355. The highest BCUT2D eigenvalue weighted by molar-refractivity contribution is 5.96. The molecule has 0 aliphatic heterocycles. The Hall–Kier alpha value is -1.37. The largest absolute Gasteiger partial charge is 0.295 e. The molecule has 0 heterocycles. The smallest absolute Gasteiger partial charge is 0.158 e. The zero-order chi connectivity index (χ0) is 9.97. The Kier molecular flexibility index (Phi) is 2.49. The van der Waals surface area contributed by atoms with Gasteiger partial charge in [0.15, 0.2) is 5.78 Å². The quantitative estimate of drug-likeness (QED) is 0.663. The van der Waals surface area contributed by atoms with Crippen LogP contribution in [-0.2, 0) is 4.79 Å². The van der Waals surface area contributed by atoms with E-state index in [-0.39, 0.29) is 5.78 Å². The van der Waals surface area contributed by atoms with Crippen molar-refractivity contribution in [3.63, 3.8) is 0 Å². The molecule has 1 nitrogen and oxygen atoms in total. The minimum atomic E-state index is 0.283. The Balaban J connectivity index is 2.02. The van der Waals surface area contributed by atoms with Gasteiger partial charge in [-0.05, 0) is 31.4 Å². The van der Waals surface area contributed by atoms with E-state index < -0.39 is 0 Å². The van der Waals surface area contributed by atoms with Crippen LogP contribution >= 0.6 is 0 Å². The van der Waals surface area contributed by atoms with Crippen LogP contribution in [0.2, 0.25) is 0 Å². The van der Waals surface area contributed by atoms with Gasteiger partial charge >= 0.3 is 0 Å². The molecule has 1 saturated carbocycles. The fourth-order valence-corrected chi connectivity index (χ4v) is 1.36. The zero-order valence-electron chi connectivity index (χ0n) is 8.36. The van der Waals surface area contributed by atoms with Gasteiger partial charge in [0.1, 0.15) is 0 Å². The second-order valence-corrected chi connectivity index (χ2v) is 3.92. The lowest BCUT2D eigenvalue weighted by Gasteiger charge is -1.94. The minimum absolute atomic E-state index is 0.283. The molecule has 0 bridgehead atoms. The molecule has 0 radical (unpaired) electrons. The first kappa shape index (κ1) is 9.20. The molecule has 0 unspecified atom stereocenters. The highest BCUT2D eigenvalue weighted by atomic mass is 16.1. The van der Waals surface area contributed by atoms with Crippen LogP contribution < -0.4 is 0 Å². The lowest BCUT2D eigenvalue weighted by Crippen LogP contribution is -1.93. The fourth-order valence-electron chi connectivity index (χ4n) is 1.36. The molecule has 14 heavy (non-hydrogen) atoms. The Morgan fingerprint density at radius 2 is 1.93 bits per heavy atom. The molecular formula is C13H14O. The second-order valence-electron chi connectivity index (χ2n) is 3.92. The van der Waals surface area contributed by atoms with Gasteiger partial charge in [0.2, 0.25) is 0 Å². The van der Waals surface area contributed by atoms with Crippen molar-refractivity contribution in [2.24, 2.45) is 5.92 Å². The van der Waals surface area contributed by atoms with E-state index in [1.54, 1.807) is 6.08 Å². The van der Waals surface area contributed by atoms with E-state index in [4.69, 9.17) is 0 Å². The average molecular weight is 186 g/mol. The zero-order valence-corrected chi connectivity index (χ0v) is 8.36. The van der Waals surface area contributed by atoms with Gasteiger partial charge in [0.05, 0.1) is 0 Å². The van der Waals surface area contributed by atoms with E-state index in [9.17, 15) is 4.79 Å². The maximum atomic E-state index is 11.4. The van der Waals surface area contributed by atoms with Crippen LogP contribution in [0.15, 0.2) is 30.3 Å². The average Bonchev–Trinajstić information content (AvgIpc) is 3.00. The van der Waals surface area contributed by atoms with Crippen molar-refractivity contribution in [1.29, 1.82) is 0 Å². The summed E-state index contributed by atoms with van der Waals surface area (Å²) < 4.78 is 0. The molecule has 0 atom stereocenters. The van der Waals surface area contributed by atoms with E-state index in [2.05, 4.69) is 19.1 Å². The summed E-state index contributed by atoms with van der Waals surface area (Å²) in [5.74, 6) is 0.613. The van der Waals surface area contributed by atoms with Crippen LogP contribution in [0.5, 0.6) is 0 Å². The summed E-state index contributed by atoms with van der Waals surface area (Å²) >= 11 is 0. The molecule has 0 aromatic heterocycles. The third kappa shape index (κ3) is 2.32. The molecule has 1 aliphatic carbocycles. The maximum Gasteiger partial charge on any atom is 0.158 e. The number of carbonyl (C=O) groups excluding carboxylic acids is 1. The molecule has 0 spiro atoms. The summed E-state index contributed by atoms with van der Waals surface area (Å²) in [6.07, 6.45) is 5.77. The first-order valence-corrected chi connectivity index (χ1v) is 5.04. The normalized spacial score (nSPS) is 16.1. The van der Waals surface area contributed by atoms with Crippen LogP contribution in [0.4, 0.5) is 0 Å². The second kappa shape index (κ2) is 3.79. The third-order valence-electron chi connectivity index (χ3n) is 2.50. The van der Waals surface area contributed by atoms with Gasteiger partial charge in [-0.25, -0.2) is 0 Å². The highest BCUT2D eigenvalue weighted by Crippen LogP contribution is 2.30. The van der Waals surface area contributed by atoms with Gasteiger partial charge in [-0.1, -0.05) is 35.9 Å². The van der Waals surface area contributed by atoms with Crippen molar-refractivity contribution in [1.82, 2.24) is 0 Å². The van der Waals surface area contributed by atoms with E-state index in [1.807, 2.05) is 18.2 Å². The Morgan fingerprint density at radius 3 is 2.50 bits per heavy atom. The Morgan fingerprint density at radius 1 is 1.29 bits per heavy atom. The summed E-state index contributed by atoms with van der Waals surface area (Å²) in [6, 6.07) is 8.18. The number of carbonyl (C=O) groups is 1. The Labute approximate surface area is 84.5 Å². The van der Waals surface area contributed by atoms with Gasteiger partial charge in [-0.3, -0.25) is 4.79 Å². The molecule has 0 saturated heterocycles. The minimum Gasteiger partial charge on any atom is -0.295 e. The first-order valence-electron chi connectivity index (χ1n) is 5.04. The lowest BCUT2D eigenvalue weighted by atomic mass is 10.1. The van der Waals surface area contributed by atoms with Crippen molar-refractivity contribution in [2.75, 3.05) is 0 Å². The number of benzene rings is 1. The molecular weight excluding hydrogens is 172 g/mol. The fraction of sp³-hybridized carbons (Fsp3) is 0.308. The molecule has 1 fully saturated rings. The molecule has 1 aliphatic rings. The number of rotatable bonds is 3. The number of ketones is 1. The van der Waals surface area contributed by atoms with E-state index in [0.29, 0.717) is 5.92 Å². The van der Waals surface area contributed by atoms with Crippen molar-refractivity contribution in [3.8, 4) is 0 Å². The number of hydrogen-bond acceptors (Lipinski definition) is 1. The van der Waals surface area contributed by atoms with Crippen molar-refractivity contribution < 1.29 is 4.79 Å². The summed E-state index contributed by atoms with van der Waals surface area (Å²) in [7, 11) is 0. The molecule has 2 rings (SSSR count). The topological polar surface area (TPSA) is 17.1 Å². The van der Waals surface area contributed by atoms with E-state index >= 15 is 0 Å². The van der Waals surface area contributed by atoms with Crippen molar-refractivity contribution in [3.05, 3.63) is 41.5 Å². The van der Waals surface area contributed by atoms with Crippen molar-refractivity contribution >= 4 is 11.9 Å². The summed E-state index contributed by atoms with van der Waals surface area (Å²) in [4.78, 5) is 11.4. The lowest BCUT2D eigenvalue weighted by molar-refractivity contribution is -0.115. The third-order valence-corrected chi connectivity index (χ3v) is 2.50. The van der Waals surface area contributed by atoms with Gasteiger partial charge in [0, 0.05) is 5.92 Å². The van der Waals surface area contributed by atoms with Crippen LogP contribution in [0.1, 0.15) is 24.0 Å². The van der Waals surface area contributed by atoms with E-state index in [0.717, 1.165) is 18.4 Å². The first-order chi connectivity index (χ1) is 6.75. The summed E-state index contributed by atoms with van der Waals surface area (Å²) in [6.45, 7) is 2.06. The highest BCUT2D eigenvalue weighted by Gasteiger charge is 2.27. The van der Waals surface area contributed by atoms with Crippen LogP contribution in [0.25, 0.3) is 6.08 Å². The predicted molar refractivity (Wildman–Crippen MR) is 57.9 cm³/mol. The molecule has 0 N–H and O–H groups in total. The molecule has 1 aromatic rings. The molecule has 72 valence electrons. The molecule has 1 aromatic carbocycles. The van der Waals surface area contributed by atoms with Crippen LogP contribution in [0.3, 0.4) is 0 Å². The van der Waals surface area contributed by atoms with Gasteiger partial charge in [-0.15, -0.1) is 0 Å². The monoisotopic (exact) mass is 186 g/mol. The maximum absolute atomic E-state index is 11.4. The van der Waals surface area contributed by atoms with Crippen LogP contribution in [-0.4, -0.2) is 5.78 Å². The SMILES string of the molecule is Cc1ccc(/C=C/C(=O)C2CC2)cc1.